The molecule has 130 valence electrons. The SMILES string of the molecule is CCOc1cccc(C(=O)NC(=S)Nc2cc([N+](=O)[O-])ccc2O)c1. The third-order valence-electron chi connectivity index (χ3n) is 3.07. The lowest BCUT2D eigenvalue weighted by Gasteiger charge is -2.11. The van der Waals surface area contributed by atoms with Crippen molar-refractivity contribution in [2.45, 2.75) is 6.92 Å². The van der Waals surface area contributed by atoms with Gasteiger partial charge in [0, 0.05) is 17.7 Å². The standard InChI is InChI=1S/C16H15N3O5S/c1-2-24-12-5-3-4-10(8-12)15(21)18-16(25)17-13-9-11(19(22)23)6-7-14(13)20/h3-9,20H,2H2,1H3,(H2,17,18,21,25). The Hall–Kier alpha value is -3.20. The summed E-state index contributed by atoms with van der Waals surface area (Å²) >= 11 is 5.01. The van der Waals surface area contributed by atoms with Crippen molar-refractivity contribution in [3.63, 3.8) is 0 Å². The van der Waals surface area contributed by atoms with Crippen LogP contribution in [0.3, 0.4) is 0 Å². The number of hydrogen-bond donors (Lipinski definition) is 3. The number of amides is 1. The van der Waals surface area contributed by atoms with E-state index in [0.29, 0.717) is 17.9 Å². The van der Waals surface area contributed by atoms with E-state index in [-0.39, 0.29) is 22.2 Å². The Balaban J connectivity index is 2.07. The van der Waals surface area contributed by atoms with E-state index in [0.717, 1.165) is 18.2 Å². The zero-order valence-electron chi connectivity index (χ0n) is 13.2. The van der Waals surface area contributed by atoms with Gasteiger partial charge in [-0.2, -0.15) is 0 Å². The van der Waals surface area contributed by atoms with E-state index in [1.165, 1.54) is 0 Å². The van der Waals surface area contributed by atoms with Gasteiger partial charge in [0.1, 0.15) is 11.5 Å². The monoisotopic (exact) mass is 361 g/mol. The summed E-state index contributed by atoms with van der Waals surface area (Å²) in [6.45, 7) is 2.30. The highest BCUT2D eigenvalue weighted by molar-refractivity contribution is 7.80. The van der Waals surface area contributed by atoms with E-state index in [1.807, 2.05) is 6.92 Å². The van der Waals surface area contributed by atoms with Crippen molar-refractivity contribution in [1.82, 2.24) is 5.32 Å². The van der Waals surface area contributed by atoms with Crippen LogP contribution in [0.1, 0.15) is 17.3 Å². The Bertz CT molecular complexity index is 825. The van der Waals surface area contributed by atoms with Gasteiger partial charge < -0.3 is 15.2 Å². The number of aromatic hydroxyl groups is 1. The lowest BCUT2D eigenvalue weighted by molar-refractivity contribution is -0.384. The fraction of sp³-hybridized carbons (Fsp3) is 0.125. The van der Waals surface area contributed by atoms with Gasteiger partial charge in [-0.3, -0.25) is 20.2 Å². The molecule has 3 N–H and O–H groups in total. The third kappa shape index (κ3) is 4.88. The van der Waals surface area contributed by atoms with Crippen LogP contribution in [0.25, 0.3) is 0 Å². The summed E-state index contributed by atoms with van der Waals surface area (Å²) in [6, 6.07) is 9.97. The minimum atomic E-state index is -0.606. The molecule has 0 fully saturated rings. The maximum Gasteiger partial charge on any atom is 0.271 e. The third-order valence-corrected chi connectivity index (χ3v) is 3.28. The fourth-order valence-electron chi connectivity index (χ4n) is 1.96. The maximum atomic E-state index is 12.2. The van der Waals surface area contributed by atoms with Crippen molar-refractivity contribution < 1.29 is 19.6 Å². The minimum Gasteiger partial charge on any atom is -0.506 e. The highest BCUT2D eigenvalue weighted by Gasteiger charge is 2.13. The number of non-ortho nitro benzene ring substituents is 1. The molecule has 0 unspecified atom stereocenters. The molecule has 0 spiro atoms. The number of carbonyl (C=O) groups is 1. The van der Waals surface area contributed by atoms with Crippen LogP contribution in [-0.4, -0.2) is 27.7 Å². The van der Waals surface area contributed by atoms with E-state index in [2.05, 4.69) is 10.6 Å². The normalized spacial score (nSPS) is 9.96. The van der Waals surface area contributed by atoms with Crippen molar-refractivity contribution in [3.8, 4) is 11.5 Å². The number of nitro groups is 1. The first-order valence-electron chi connectivity index (χ1n) is 7.23. The number of phenolic OH excluding ortho intramolecular Hbond substituents is 1. The molecule has 8 nitrogen and oxygen atoms in total. The summed E-state index contributed by atoms with van der Waals surface area (Å²) in [5, 5.41) is 25.4. The molecule has 0 saturated carbocycles. The number of carbonyl (C=O) groups excluding carboxylic acids is 1. The van der Waals surface area contributed by atoms with Gasteiger partial charge >= 0.3 is 0 Å². The van der Waals surface area contributed by atoms with E-state index >= 15 is 0 Å². The summed E-state index contributed by atoms with van der Waals surface area (Å²) in [4.78, 5) is 22.4. The van der Waals surface area contributed by atoms with Crippen molar-refractivity contribution in [2.24, 2.45) is 0 Å². The number of phenols is 1. The number of nitrogens with one attached hydrogen (secondary N) is 2. The molecule has 0 atom stereocenters. The number of rotatable bonds is 5. The van der Waals surface area contributed by atoms with E-state index in [1.54, 1.807) is 24.3 Å². The first kappa shape index (κ1) is 18.1. The molecule has 9 heteroatoms. The van der Waals surface area contributed by atoms with Crippen LogP contribution in [0.5, 0.6) is 11.5 Å². The van der Waals surface area contributed by atoms with Crippen LogP contribution in [0.15, 0.2) is 42.5 Å². The molecule has 1 amide bonds. The van der Waals surface area contributed by atoms with Gasteiger partial charge in [-0.15, -0.1) is 0 Å². The molecule has 0 aliphatic carbocycles. The number of benzene rings is 2. The Morgan fingerprint density at radius 1 is 1.32 bits per heavy atom. The quantitative estimate of drug-likeness (QED) is 0.325. The average Bonchev–Trinajstić information content (AvgIpc) is 2.57. The molecular formula is C16H15N3O5S. The lowest BCUT2D eigenvalue weighted by atomic mass is 10.2. The zero-order chi connectivity index (χ0) is 18.4. The second-order valence-corrected chi connectivity index (χ2v) is 5.24. The number of nitrogens with zero attached hydrogens (tertiary/aromatic N) is 1. The summed E-state index contributed by atoms with van der Waals surface area (Å²) in [5.74, 6) is -0.171. The van der Waals surface area contributed by atoms with Gasteiger partial charge in [-0.1, -0.05) is 6.07 Å². The Morgan fingerprint density at radius 3 is 2.76 bits per heavy atom. The number of nitro benzene ring substituents is 1. The van der Waals surface area contributed by atoms with Crippen molar-refractivity contribution in [3.05, 3.63) is 58.1 Å². The van der Waals surface area contributed by atoms with Crippen molar-refractivity contribution >= 4 is 34.6 Å². The molecule has 0 aliphatic rings. The van der Waals surface area contributed by atoms with E-state index in [9.17, 15) is 20.0 Å². The molecule has 0 radical (unpaired) electrons. The van der Waals surface area contributed by atoms with Crippen LogP contribution in [0, 0.1) is 10.1 Å². The molecule has 0 bridgehead atoms. The molecule has 2 rings (SSSR count). The minimum absolute atomic E-state index is 0.0163. The fourth-order valence-corrected chi connectivity index (χ4v) is 2.16. The predicted octanol–water partition coefficient (Wildman–Crippen LogP) is 2.83. The molecule has 2 aromatic carbocycles. The predicted molar refractivity (Wildman–Crippen MR) is 96.1 cm³/mol. The first-order valence-corrected chi connectivity index (χ1v) is 7.64. The summed E-state index contributed by atoms with van der Waals surface area (Å²) in [7, 11) is 0. The molecular weight excluding hydrogens is 346 g/mol. The number of hydrogen-bond acceptors (Lipinski definition) is 6. The second kappa shape index (κ2) is 8.06. The lowest BCUT2D eigenvalue weighted by Crippen LogP contribution is -2.34. The zero-order valence-corrected chi connectivity index (χ0v) is 14.0. The smallest absolute Gasteiger partial charge is 0.271 e. The van der Waals surface area contributed by atoms with Crippen LogP contribution in [0.2, 0.25) is 0 Å². The van der Waals surface area contributed by atoms with E-state index < -0.39 is 10.8 Å². The van der Waals surface area contributed by atoms with Crippen LogP contribution < -0.4 is 15.4 Å². The largest absolute Gasteiger partial charge is 0.506 e. The summed E-state index contributed by atoms with van der Waals surface area (Å²) in [5.41, 5.74) is 0.125. The molecule has 0 aliphatic heterocycles. The van der Waals surface area contributed by atoms with Gasteiger partial charge in [0.2, 0.25) is 0 Å². The van der Waals surface area contributed by atoms with Crippen molar-refractivity contribution in [2.75, 3.05) is 11.9 Å². The number of thiocarbonyl (C=S) groups is 1. The maximum absolute atomic E-state index is 12.2. The molecule has 0 saturated heterocycles. The van der Waals surface area contributed by atoms with Gasteiger partial charge in [0.05, 0.1) is 17.2 Å². The highest BCUT2D eigenvalue weighted by atomic mass is 32.1. The summed E-state index contributed by atoms with van der Waals surface area (Å²) in [6.07, 6.45) is 0. The Labute approximate surface area is 148 Å². The first-order chi connectivity index (χ1) is 11.9. The van der Waals surface area contributed by atoms with Crippen molar-refractivity contribution in [1.29, 1.82) is 0 Å². The van der Waals surface area contributed by atoms with Crippen LogP contribution >= 0.6 is 12.2 Å². The van der Waals surface area contributed by atoms with Crippen LogP contribution in [-0.2, 0) is 0 Å². The molecule has 0 aromatic heterocycles. The van der Waals surface area contributed by atoms with E-state index in [4.69, 9.17) is 17.0 Å². The average molecular weight is 361 g/mol. The molecule has 0 heterocycles. The van der Waals surface area contributed by atoms with Gasteiger partial charge in [0.15, 0.2) is 5.11 Å². The topological polar surface area (TPSA) is 114 Å². The van der Waals surface area contributed by atoms with Crippen LogP contribution in [0.4, 0.5) is 11.4 Å². The number of ether oxygens (including phenoxy) is 1. The second-order valence-electron chi connectivity index (χ2n) is 4.83. The van der Waals surface area contributed by atoms with Gasteiger partial charge in [0.25, 0.3) is 11.6 Å². The summed E-state index contributed by atoms with van der Waals surface area (Å²) < 4.78 is 5.32. The Morgan fingerprint density at radius 2 is 2.08 bits per heavy atom. The number of anilines is 1. The van der Waals surface area contributed by atoms with Gasteiger partial charge in [-0.25, -0.2) is 0 Å². The molecule has 2 aromatic rings. The highest BCUT2D eigenvalue weighted by Crippen LogP contribution is 2.27. The van der Waals surface area contributed by atoms with Gasteiger partial charge in [-0.05, 0) is 43.4 Å². The Kier molecular flexibility index (Phi) is 5.85. The molecule has 25 heavy (non-hydrogen) atoms.